The van der Waals surface area contributed by atoms with Crippen LogP contribution in [0.25, 0.3) is 0 Å². The number of hydrogen-bond donors (Lipinski definition) is 0. The first-order valence-corrected chi connectivity index (χ1v) is 17.3. The molecule has 1 rings (SSSR count). The summed E-state index contributed by atoms with van der Waals surface area (Å²) in [6.45, 7) is 7.00. The van der Waals surface area contributed by atoms with E-state index in [0.29, 0.717) is 5.75 Å². The molecular weight excluding hydrogens is 398 g/mol. The van der Waals surface area contributed by atoms with E-state index in [1.165, 1.54) is 4.90 Å². The van der Waals surface area contributed by atoms with Gasteiger partial charge < -0.3 is 0 Å². The van der Waals surface area contributed by atoms with E-state index in [1.54, 1.807) is 11.3 Å². The standard InChI is InChI=1S/C12H22O2P2S5/c1-5-18-21(8-4)16(13)11-9-17-10-12(11)19(6-2)15-20(14)7-3/h9-10H,5-8H2,1-4H3. The fraction of sp³-hybridized carbons (Fsp3) is 0.667. The van der Waals surface area contributed by atoms with Gasteiger partial charge in [0.05, 0.1) is 0 Å². The predicted molar refractivity (Wildman–Crippen MR) is 109 cm³/mol. The van der Waals surface area contributed by atoms with E-state index in [0.717, 1.165) is 28.7 Å². The topological polar surface area (TPSA) is 34.1 Å². The molecule has 9 heteroatoms. The van der Waals surface area contributed by atoms with Crippen molar-refractivity contribution in [2.24, 2.45) is 0 Å². The van der Waals surface area contributed by atoms with Crippen molar-refractivity contribution in [1.82, 2.24) is 0 Å². The summed E-state index contributed by atoms with van der Waals surface area (Å²) in [5.41, 5.74) is 0. The van der Waals surface area contributed by atoms with Gasteiger partial charge in [-0.05, 0) is 0 Å². The van der Waals surface area contributed by atoms with Gasteiger partial charge in [-0.2, -0.15) is 0 Å². The van der Waals surface area contributed by atoms with Gasteiger partial charge in [-0.25, -0.2) is 0 Å². The third-order valence-electron chi connectivity index (χ3n) is 2.44. The van der Waals surface area contributed by atoms with E-state index in [2.05, 4.69) is 31.5 Å². The van der Waals surface area contributed by atoms with Gasteiger partial charge in [-0.1, -0.05) is 0 Å². The Morgan fingerprint density at radius 1 is 1.29 bits per heavy atom. The predicted octanol–water partition coefficient (Wildman–Crippen LogP) is 5.18. The van der Waals surface area contributed by atoms with Crippen LogP contribution in [0.1, 0.15) is 27.7 Å². The second kappa shape index (κ2) is 11.1. The zero-order chi connectivity index (χ0) is 15.8. The molecule has 0 N–H and O–H groups in total. The molecule has 0 aliphatic heterocycles. The van der Waals surface area contributed by atoms with Crippen molar-refractivity contribution in [2.45, 2.75) is 32.6 Å². The van der Waals surface area contributed by atoms with E-state index in [9.17, 15) is 8.77 Å². The van der Waals surface area contributed by atoms with Crippen LogP contribution in [0.4, 0.5) is 0 Å². The van der Waals surface area contributed by atoms with Gasteiger partial charge in [0.2, 0.25) is 0 Å². The van der Waals surface area contributed by atoms with E-state index in [1.807, 2.05) is 17.7 Å². The van der Waals surface area contributed by atoms with Crippen molar-refractivity contribution in [3.63, 3.8) is 0 Å². The third-order valence-corrected chi connectivity index (χ3v) is 21.2. The van der Waals surface area contributed by atoms with Gasteiger partial charge in [-0.3, -0.25) is 0 Å². The SMILES string of the molecule is CCS/S(CC)=P(=O)/c1cscc1S(CC)=[P+]=[S-](=O)CC. The van der Waals surface area contributed by atoms with Crippen LogP contribution < -0.4 is 5.30 Å². The van der Waals surface area contributed by atoms with E-state index in [-0.39, 0.29) is 19.2 Å². The summed E-state index contributed by atoms with van der Waals surface area (Å²) in [5.74, 6) is 3.64. The van der Waals surface area contributed by atoms with Crippen molar-refractivity contribution in [3.8, 4) is 0 Å². The maximum absolute atomic E-state index is 12.9. The molecule has 0 spiro atoms. The third kappa shape index (κ3) is 6.10. The molecule has 0 aliphatic rings. The first kappa shape index (κ1) is 20.5. The Bertz CT molecular complexity index is 676. The second-order valence-corrected chi connectivity index (χ2v) is 19.9. The maximum atomic E-state index is 12.9. The van der Waals surface area contributed by atoms with Crippen molar-refractivity contribution < 1.29 is 8.77 Å². The van der Waals surface area contributed by atoms with Crippen LogP contribution in [0.5, 0.6) is 0 Å². The molecule has 1 heterocycles. The quantitative estimate of drug-likeness (QED) is 0.346. The van der Waals surface area contributed by atoms with Crippen LogP contribution in [0.15, 0.2) is 15.7 Å². The Morgan fingerprint density at radius 3 is 2.52 bits per heavy atom. The molecule has 3 atom stereocenters. The second-order valence-electron chi connectivity index (χ2n) is 3.73. The summed E-state index contributed by atoms with van der Waals surface area (Å²) >= 11 is 1.63. The van der Waals surface area contributed by atoms with Crippen molar-refractivity contribution >= 4 is 69.3 Å². The van der Waals surface area contributed by atoms with Crippen LogP contribution in [0.3, 0.4) is 0 Å². The summed E-state index contributed by atoms with van der Waals surface area (Å²) in [6, 6.07) is 0. The molecule has 0 bridgehead atoms. The van der Waals surface area contributed by atoms with Gasteiger partial charge in [0, 0.05) is 0 Å². The normalized spacial score (nSPS) is 15.0. The number of rotatable bonds is 7. The first-order chi connectivity index (χ1) is 10.1. The van der Waals surface area contributed by atoms with Crippen LogP contribution in [0.2, 0.25) is 0 Å². The molecule has 0 saturated heterocycles. The van der Waals surface area contributed by atoms with Crippen molar-refractivity contribution in [3.05, 3.63) is 10.8 Å². The molecule has 1 aromatic heterocycles. The summed E-state index contributed by atoms with van der Waals surface area (Å²) in [4.78, 5) is 1.20. The summed E-state index contributed by atoms with van der Waals surface area (Å²) in [6.07, 6.45) is 0.996. The Kier molecular flexibility index (Phi) is 10.8. The van der Waals surface area contributed by atoms with Gasteiger partial charge in [-0.15, -0.1) is 0 Å². The molecule has 0 aliphatic carbocycles. The van der Waals surface area contributed by atoms with Gasteiger partial charge >= 0.3 is 144 Å². The minimum atomic E-state index is -1.34. The van der Waals surface area contributed by atoms with Gasteiger partial charge in [0.25, 0.3) is 0 Å². The van der Waals surface area contributed by atoms with Gasteiger partial charge in [0.1, 0.15) is 0 Å². The van der Waals surface area contributed by atoms with Crippen LogP contribution >= 0.6 is 34.8 Å². The average Bonchev–Trinajstić information content (AvgIpc) is 2.98. The Labute approximate surface area is 143 Å². The van der Waals surface area contributed by atoms with Crippen LogP contribution in [-0.2, 0) is 37.9 Å². The van der Waals surface area contributed by atoms with Crippen molar-refractivity contribution in [1.29, 1.82) is 0 Å². The van der Waals surface area contributed by atoms with E-state index in [4.69, 9.17) is 0 Å². The average molecular weight is 421 g/mol. The molecular formula is C12H22O2P2S5. The summed E-state index contributed by atoms with van der Waals surface area (Å²) in [7, 11) is 0.886. The molecule has 0 fully saturated rings. The summed E-state index contributed by atoms with van der Waals surface area (Å²) in [5, 5.41) is 5.22. The summed E-state index contributed by atoms with van der Waals surface area (Å²) < 4.78 is 24.8. The number of hydrogen-bond acceptors (Lipinski definition) is 5. The molecule has 0 saturated carbocycles. The molecule has 0 amide bonds. The molecule has 1 aromatic rings. The Balaban J connectivity index is 3.46. The van der Waals surface area contributed by atoms with Crippen LogP contribution in [0, 0.1) is 0 Å². The minimum absolute atomic E-state index is 0.0544. The van der Waals surface area contributed by atoms with E-state index >= 15 is 0 Å². The number of thiophene rings is 1. The molecule has 0 aromatic carbocycles. The fourth-order valence-corrected chi connectivity index (χ4v) is 19.4. The molecule has 3 unspecified atom stereocenters. The Hall–Kier alpha value is 1.43. The monoisotopic (exact) mass is 420 g/mol. The van der Waals surface area contributed by atoms with Crippen LogP contribution in [-0.4, -0.2) is 23.0 Å². The molecule has 122 valence electrons. The fourth-order valence-electron chi connectivity index (χ4n) is 1.48. The first-order valence-electron chi connectivity index (χ1n) is 6.77. The van der Waals surface area contributed by atoms with E-state index < -0.39 is 16.6 Å². The van der Waals surface area contributed by atoms with Gasteiger partial charge in [0.15, 0.2) is 0 Å². The van der Waals surface area contributed by atoms with Crippen molar-refractivity contribution in [2.75, 3.05) is 23.0 Å². The molecule has 21 heavy (non-hydrogen) atoms. The Morgan fingerprint density at radius 2 is 2.00 bits per heavy atom. The zero-order valence-corrected chi connectivity index (χ0v) is 18.6. The zero-order valence-electron chi connectivity index (χ0n) is 12.7. The molecule has 2 nitrogen and oxygen atoms in total. The molecule has 0 radical (unpaired) electrons.